The first-order valence-corrected chi connectivity index (χ1v) is 11.4. The van der Waals surface area contributed by atoms with Crippen LogP contribution in [0.2, 0.25) is 16.6 Å². The summed E-state index contributed by atoms with van der Waals surface area (Å²) in [6.45, 7) is 16.4. The van der Waals surface area contributed by atoms with E-state index in [1.807, 2.05) is 0 Å². The molecule has 1 aromatic carbocycles. The molecular weight excluding hydrogens is 383 g/mol. The maximum atomic E-state index is 3.83. The van der Waals surface area contributed by atoms with Gasteiger partial charge in [-0.3, -0.25) is 0 Å². The lowest BCUT2D eigenvalue weighted by atomic mass is 10.1. The maximum absolute atomic E-state index is 3.83. The fraction of sp³-hybridized carbons (Fsp3) is 0.579. The van der Waals surface area contributed by atoms with E-state index < -0.39 is 8.07 Å². The summed E-state index contributed by atoms with van der Waals surface area (Å²) in [5.41, 5.74) is 8.52. The van der Waals surface area contributed by atoms with Crippen LogP contribution in [0.25, 0.3) is 0 Å². The minimum absolute atomic E-state index is 0.693. The third-order valence-corrected chi connectivity index (χ3v) is 11.7. The molecule has 21 heavy (non-hydrogen) atoms. The Morgan fingerprint density at radius 2 is 1.52 bits per heavy atom. The molecule has 0 amide bonds. The first kappa shape index (κ1) is 18.8. The van der Waals surface area contributed by atoms with Crippen molar-refractivity contribution in [3.8, 4) is 11.5 Å². The Hall–Kier alpha value is -0.273. The minimum Gasteiger partial charge on any atom is -0.125 e. The highest BCUT2D eigenvalue weighted by molar-refractivity contribution is 14.1. The van der Waals surface area contributed by atoms with Gasteiger partial charge in [-0.25, -0.2) is 0 Å². The molecule has 0 saturated carbocycles. The van der Waals surface area contributed by atoms with Gasteiger partial charge in [0.25, 0.3) is 0 Å². The highest BCUT2D eigenvalue weighted by atomic mass is 127. The summed E-state index contributed by atoms with van der Waals surface area (Å²) in [5, 5.41) is 0. The number of rotatable bonds is 4. The lowest BCUT2D eigenvalue weighted by Gasteiger charge is -2.38. The van der Waals surface area contributed by atoms with Crippen molar-refractivity contribution in [2.75, 3.05) is 0 Å². The van der Waals surface area contributed by atoms with Crippen LogP contribution in [-0.2, 0) is 6.42 Å². The second-order valence-corrected chi connectivity index (χ2v) is 13.6. The largest absolute Gasteiger partial charge is 0.146 e. The molecule has 1 rings (SSSR count). The summed E-state index contributed by atoms with van der Waals surface area (Å²) in [6, 6.07) is 6.65. The summed E-state index contributed by atoms with van der Waals surface area (Å²) in [6.07, 6.45) is 1.06. The number of benzene rings is 1. The lowest BCUT2D eigenvalue weighted by molar-refractivity contribution is 0.838. The molecule has 0 aliphatic carbocycles. The van der Waals surface area contributed by atoms with E-state index in [0.717, 1.165) is 6.42 Å². The van der Waals surface area contributed by atoms with Gasteiger partial charge < -0.3 is 0 Å². The van der Waals surface area contributed by atoms with Crippen molar-refractivity contribution in [1.82, 2.24) is 0 Å². The Morgan fingerprint density at radius 3 is 1.95 bits per heavy atom. The monoisotopic (exact) mass is 412 g/mol. The molecule has 0 fully saturated rings. The quantitative estimate of drug-likeness (QED) is 0.304. The van der Waals surface area contributed by atoms with Crippen molar-refractivity contribution >= 4 is 30.7 Å². The lowest BCUT2D eigenvalue weighted by Crippen LogP contribution is -2.43. The van der Waals surface area contributed by atoms with E-state index in [2.05, 4.69) is 101 Å². The van der Waals surface area contributed by atoms with Gasteiger partial charge in [-0.2, -0.15) is 0 Å². The van der Waals surface area contributed by atoms with Crippen LogP contribution in [0.5, 0.6) is 0 Å². The summed E-state index contributed by atoms with van der Waals surface area (Å²) >= 11 is 2.38. The zero-order valence-corrected chi connectivity index (χ0v) is 17.7. The molecule has 0 heterocycles. The molecular formula is C19H29ISi. The van der Waals surface area contributed by atoms with Crippen LogP contribution >= 0.6 is 22.6 Å². The van der Waals surface area contributed by atoms with E-state index in [1.165, 1.54) is 14.7 Å². The smallest absolute Gasteiger partial charge is 0.125 e. The first-order chi connectivity index (χ1) is 9.75. The van der Waals surface area contributed by atoms with E-state index in [0.29, 0.717) is 16.6 Å². The van der Waals surface area contributed by atoms with Gasteiger partial charge in [-0.05, 0) is 69.4 Å². The zero-order valence-electron chi connectivity index (χ0n) is 14.5. The van der Waals surface area contributed by atoms with Gasteiger partial charge in [0.1, 0.15) is 8.07 Å². The average molecular weight is 412 g/mol. The van der Waals surface area contributed by atoms with Gasteiger partial charge in [-0.1, -0.05) is 54.4 Å². The Kier molecular flexibility index (Phi) is 7.00. The molecule has 0 nitrogen and oxygen atoms in total. The van der Waals surface area contributed by atoms with Gasteiger partial charge >= 0.3 is 0 Å². The van der Waals surface area contributed by atoms with Gasteiger partial charge in [0, 0.05) is 9.13 Å². The number of aryl methyl sites for hydroxylation is 1. The Bertz CT molecular complexity index is 510. The van der Waals surface area contributed by atoms with Crippen LogP contribution in [0.4, 0.5) is 0 Å². The van der Waals surface area contributed by atoms with Gasteiger partial charge in [-0.15, -0.1) is 5.54 Å². The van der Waals surface area contributed by atoms with Gasteiger partial charge in [0.15, 0.2) is 0 Å². The van der Waals surface area contributed by atoms with E-state index in [4.69, 9.17) is 0 Å². The predicted molar refractivity (Wildman–Crippen MR) is 106 cm³/mol. The molecule has 0 atom stereocenters. The summed E-state index contributed by atoms with van der Waals surface area (Å²) in [5.74, 6) is 3.58. The second-order valence-electron chi connectivity index (χ2n) is 6.80. The molecule has 0 unspecified atom stereocenters. The summed E-state index contributed by atoms with van der Waals surface area (Å²) < 4.78 is 1.30. The minimum atomic E-state index is -1.62. The molecule has 0 spiro atoms. The van der Waals surface area contributed by atoms with Crippen molar-refractivity contribution in [3.63, 3.8) is 0 Å². The van der Waals surface area contributed by atoms with Crippen molar-refractivity contribution < 1.29 is 0 Å². The molecule has 0 aliphatic heterocycles. The van der Waals surface area contributed by atoms with Gasteiger partial charge in [0.2, 0.25) is 0 Å². The molecule has 1 aromatic rings. The molecule has 2 heteroatoms. The summed E-state index contributed by atoms with van der Waals surface area (Å²) in [7, 11) is -1.62. The summed E-state index contributed by atoms with van der Waals surface area (Å²) in [4.78, 5) is 0. The normalized spacial score (nSPS) is 12.0. The van der Waals surface area contributed by atoms with Crippen LogP contribution in [0.15, 0.2) is 18.2 Å². The SMILES string of the molecule is CCc1cc(I)ccc1C#C[Si](C(C)C)(C(C)C)C(C)C. The van der Waals surface area contributed by atoms with Crippen LogP contribution in [0.1, 0.15) is 59.6 Å². The van der Waals surface area contributed by atoms with Gasteiger partial charge in [0.05, 0.1) is 0 Å². The van der Waals surface area contributed by atoms with E-state index in [1.54, 1.807) is 0 Å². The van der Waals surface area contributed by atoms with Crippen molar-refractivity contribution in [2.45, 2.75) is 71.5 Å². The van der Waals surface area contributed by atoms with Crippen LogP contribution in [0, 0.1) is 15.0 Å². The Morgan fingerprint density at radius 1 is 1.00 bits per heavy atom. The molecule has 0 saturated heterocycles. The molecule has 0 bridgehead atoms. The topological polar surface area (TPSA) is 0 Å². The van der Waals surface area contributed by atoms with E-state index >= 15 is 0 Å². The molecule has 0 N–H and O–H groups in total. The number of hydrogen-bond donors (Lipinski definition) is 0. The number of halogens is 1. The van der Waals surface area contributed by atoms with E-state index in [-0.39, 0.29) is 0 Å². The van der Waals surface area contributed by atoms with Crippen molar-refractivity contribution in [2.24, 2.45) is 0 Å². The average Bonchev–Trinajstić information content (AvgIpc) is 2.39. The van der Waals surface area contributed by atoms with Crippen molar-refractivity contribution in [3.05, 3.63) is 32.9 Å². The molecule has 116 valence electrons. The third kappa shape index (κ3) is 4.13. The molecule has 0 radical (unpaired) electrons. The number of hydrogen-bond acceptors (Lipinski definition) is 0. The highest BCUT2D eigenvalue weighted by Gasteiger charge is 2.41. The van der Waals surface area contributed by atoms with E-state index in [9.17, 15) is 0 Å². The van der Waals surface area contributed by atoms with Crippen LogP contribution in [-0.4, -0.2) is 8.07 Å². The standard InChI is InChI=1S/C19H29ISi/c1-8-17-13-19(20)10-9-18(17)11-12-21(14(2)3,15(4)5)16(6)7/h9-10,13-16H,8H2,1-7H3. The van der Waals surface area contributed by atoms with Crippen molar-refractivity contribution in [1.29, 1.82) is 0 Å². The predicted octanol–water partition coefficient (Wildman–Crippen LogP) is 6.42. The van der Waals surface area contributed by atoms with Crippen LogP contribution < -0.4 is 0 Å². The molecule has 0 aliphatic rings. The first-order valence-electron chi connectivity index (χ1n) is 8.07. The molecule has 0 aromatic heterocycles. The van der Waals surface area contributed by atoms with Crippen LogP contribution in [0.3, 0.4) is 0 Å². The Labute approximate surface area is 146 Å². The fourth-order valence-electron chi connectivity index (χ4n) is 3.59. The third-order valence-electron chi connectivity index (χ3n) is 4.73. The second kappa shape index (κ2) is 7.83. The zero-order chi connectivity index (χ0) is 16.2. The Balaban J connectivity index is 3.35. The maximum Gasteiger partial charge on any atom is 0.146 e. The highest BCUT2D eigenvalue weighted by Crippen LogP contribution is 2.40. The fourth-order valence-corrected chi connectivity index (χ4v) is 9.36.